The van der Waals surface area contributed by atoms with Gasteiger partial charge in [0.15, 0.2) is 0 Å². The summed E-state index contributed by atoms with van der Waals surface area (Å²) in [6.07, 6.45) is 13.7. The fraction of sp³-hybridized carbons (Fsp3) is 0.390. The highest BCUT2D eigenvalue weighted by atomic mass is 32.2. The summed E-state index contributed by atoms with van der Waals surface area (Å²) in [5.41, 5.74) is 6.96. The lowest BCUT2D eigenvalue weighted by molar-refractivity contribution is -0.120. The molecule has 0 aliphatic heterocycles. The van der Waals surface area contributed by atoms with Gasteiger partial charge in [-0.1, -0.05) is 56.0 Å². The van der Waals surface area contributed by atoms with Gasteiger partial charge in [0.2, 0.25) is 5.91 Å². The molecule has 0 unspecified atom stereocenters. The van der Waals surface area contributed by atoms with Crippen molar-refractivity contribution in [2.45, 2.75) is 69.6 Å². The van der Waals surface area contributed by atoms with Crippen LogP contribution in [0.3, 0.4) is 0 Å². The molecule has 7 heteroatoms. The fourth-order valence-corrected chi connectivity index (χ4v) is 7.74. The van der Waals surface area contributed by atoms with Gasteiger partial charge in [0, 0.05) is 37.3 Å². The van der Waals surface area contributed by atoms with Crippen molar-refractivity contribution in [1.82, 2.24) is 15.3 Å². The molecule has 2 aliphatic rings. The highest BCUT2D eigenvalue weighted by molar-refractivity contribution is 7.98. The molecule has 2 aliphatic carbocycles. The summed E-state index contributed by atoms with van der Waals surface area (Å²) in [5, 5.41) is 4.32. The summed E-state index contributed by atoms with van der Waals surface area (Å²) in [7, 11) is 4.08. The molecular weight excluding hydrogens is 616 g/mol. The Labute approximate surface area is 289 Å². The third kappa shape index (κ3) is 8.00. The minimum atomic E-state index is -0.276. The van der Waals surface area contributed by atoms with Gasteiger partial charge in [-0.25, -0.2) is 14.4 Å². The Morgan fingerprint density at radius 1 is 0.958 bits per heavy atom. The Balaban J connectivity index is 0.970. The third-order valence-corrected chi connectivity index (χ3v) is 10.8. The van der Waals surface area contributed by atoms with Crippen LogP contribution in [0.15, 0.2) is 77.2 Å². The number of aryl methyl sites for hydroxylation is 1. The average Bonchev–Trinajstić information content (AvgIpc) is 3.34. The second-order valence-electron chi connectivity index (χ2n) is 13.6. The maximum absolute atomic E-state index is 14.4. The normalized spacial score (nSPS) is 18.4. The summed E-state index contributed by atoms with van der Waals surface area (Å²) in [5.74, 6) is 2.93. The molecule has 0 bridgehead atoms. The SMILES string of the molecule is CSc1ccc(/C=C2\C(C)=C(CC(=O)NCC3CCC(CCCCc4nc(N(C)C)c5ccccc5n4)CC3)c3cc(F)ccc32)cc1. The topological polar surface area (TPSA) is 58.1 Å². The number of benzene rings is 3. The molecule has 0 radical (unpaired) electrons. The average molecular weight is 663 g/mol. The van der Waals surface area contributed by atoms with Crippen LogP contribution in [-0.2, 0) is 11.2 Å². The Morgan fingerprint density at radius 3 is 2.46 bits per heavy atom. The van der Waals surface area contributed by atoms with E-state index in [1.54, 1.807) is 17.8 Å². The van der Waals surface area contributed by atoms with E-state index in [0.717, 1.165) is 87.6 Å². The number of unbranched alkanes of at least 4 members (excludes halogenated alkanes) is 1. The van der Waals surface area contributed by atoms with E-state index in [2.05, 4.69) is 65.9 Å². The van der Waals surface area contributed by atoms with Gasteiger partial charge in [0.1, 0.15) is 17.5 Å². The van der Waals surface area contributed by atoms with E-state index >= 15 is 0 Å². The lowest BCUT2D eigenvalue weighted by atomic mass is 9.79. The lowest BCUT2D eigenvalue weighted by Gasteiger charge is -2.28. The number of hydrogen-bond acceptors (Lipinski definition) is 5. The zero-order valence-corrected chi connectivity index (χ0v) is 29.5. The summed E-state index contributed by atoms with van der Waals surface area (Å²) < 4.78 is 14.4. The van der Waals surface area contributed by atoms with Crippen LogP contribution in [-0.4, -0.2) is 42.8 Å². The van der Waals surface area contributed by atoms with Gasteiger partial charge in [0.25, 0.3) is 0 Å². The first-order chi connectivity index (χ1) is 23.3. The number of nitrogens with one attached hydrogen (secondary N) is 1. The summed E-state index contributed by atoms with van der Waals surface area (Å²) in [6.45, 7) is 2.77. The number of fused-ring (bicyclic) bond motifs is 2. The van der Waals surface area contributed by atoms with Gasteiger partial charge >= 0.3 is 0 Å². The van der Waals surface area contributed by atoms with E-state index in [-0.39, 0.29) is 18.1 Å². The number of para-hydroxylation sites is 1. The molecule has 1 N–H and O–H groups in total. The van der Waals surface area contributed by atoms with Crippen molar-refractivity contribution in [1.29, 1.82) is 0 Å². The number of amides is 1. The second-order valence-corrected chi connectivity index (χ2v) is 14.5. The van der Waals surface area contributed by atoms with Gasteiger partial charge in [-0.05, 0) is 120 Å². The van der Waals surface area contributed by atoms with Gasteiger partial charge < -0.3 is 10.2 Å². The van der Waals surface area contributed by atoms with Crippen LogP contribution in [0.25, 0.3) is 28.1 Å². The molecule has 0 saturated heterocycles. The van der Waals surface area contributed by atoms with E-state index in [1.165, 1.54) is 36.6 Å². The molecule has 48 heavy (non-hydrogen) atoms. The van der Waals surface area contributed by atoms with Gasteiger partial charge in [-0.15, -0.1) is 11.8 Å². The second kappa shape index (κ2) is 15.5. The molecule has 1 heterocycles. The molecule has 6 rings (SSSR count). The standard InChI is InChI=1S/C41H47FN4OS/c1-27-35(23-29-17-20-32(48-4)21-18-29)33-22-19-31(42)24-37(33)36(27)25-40(47)43-26-30-15-13-28(14-16-30)9-5-8-12-39-44-38-11-7-6-10-34(38)41(45-39)46(2)3/h6-7,10-11,17-24,28,30H,5,8-9,12-16,25-26H2,1-4H3,(H,43,47)/b35-23+. The molecule has 5 nitrogen and oxygen atoms in total. The zero-order chi connectivity index (χ0) is 33.6. The Hall–Kier alpha value is -3.97. The van der Waals surface area contributed by atoms with Crippen LogP contribution in [0.2, 0.25) is 0 Å². The first kappa shape index (κ1) is 33.9. The number of hydrogen-bond donors (Lipinski definition) is 1. The first-order valence-corrected chi connectivity index (χ1v) is 18.6. The predicted molar refractivity (Wildman–Crippen MR) is 200 cm³/mol. The molecule has 250 valence electrons. The zero-order valence-electron chi connectivity index (χ0n) is 28.7. The van der Waals surface area contributed by atoms with Crippen LogP contribution in [0.5, 0.6) is 0 Å². The Bertz CT molecular complexity index is 1820. The van der Waals surface area contributed by atoms with Crippen LogP contribution in [0.4, 0.5) is 10.2 Å². The smallest absolute Gasteiger partial charge is 0.224 e. The van der Waals surface area contributed by atoms with Crippen molar-refractivity contribution in [3.05, 3.63) is 101 Å². The Kier molecular flexibility index (Phi) is 11.0. The van der Waals surface area contributed by atoms with E-state index in [0.29, 0.717) is 12.5 Å². The molecule has 0 atom stereocenters. The maximum atomic E-state index is 14.4. The van der Waals surface area contributed by atoms with E-state index in [1.807, 2.05) is 32.3 Å². The van der Waals surface area contributed by atoms with E-state index in [9.17, 15) is 9.18 Å². The number of rotatable bonds is 12. The third-order valence-electron chi connectivity index (χ3n) is 10.1. The molecule has 1 aromatic heterocycles. The highest BCUT2D eigenvalue weighted by Crippen LogP contribution is 2.44. The minimum Gasteiger partial charge on any atom is -0.362 e. The number of thioether (sulfide) groups is 1. The van der Waals surface area contributed by atoms with Crippen molar-refractivity contribution in [2.75, 3.05) is 31.8 Å². The van der Waals surface area contributed by atoms with Gasteiger partial charge in [0.05, 0.1) is 11.9 Å². The summed E-state index contributed by atoms with van der Waals surface area (Å²) in [4.78, 5) is 26.2. The Morgan fingerprint density at radius 2 is 1.71 bits per heavy atom. The van der Waals surface area contributed by atoms with Crippen molar-refractivity contribution in [3.8, 4) is 0 Å². The van der Waals surface area contributed by atoms with Gasteiger partial charge in [-0.3, -0.25) is 4.79 Å². The number of carbonyl (C=O) groups excluding carboxylic acids is 1. The lowest BCUT2D eigenvalue weighted by Crippen LogP contribution is -2.31. The van der Waals surface area contributed by atoms with Crippen molar-refractivity contribution in [2.24, 2.45) is 11.8 Å². The number of aromatic nitrogens is 2. The predicted octanol–water partition coefficient (Wildman–Crippen LogP) is 9.61. The van der Waals surface area contributed by atoms with Gasteiger partial charge in [-0.2, -0.15) is 0 Å². The van der Waals surface area contributed by atoms with Crippen molar-refractivity contribution in [3.63, 3.8) is 0 Å². The summed E-state index contributed by atoms with van der Waals surface area (Å²) in [6, 6.07) is 21.6. The highest BCUT2D eigenvalue weighted by Gasteiger charge is 2.27. The summed E-state index contributed by atoms with van der Waals surface area (Å²) >= 11 is 1.72. The van der Waals surface area contributed by atoms with Crippen molar-refractivity contribution < 1.29 is 9.18 Å². The number of nitrogens with zero attached hydrogens (tertiary/aromatic N) is 3. The number of allylic oxidation sites excluding steroid dienone is 2. The monoisotopic (exact) mass is 662 g/mol. The molecule has 1 fully saturated rings. The fourth-order valence-electron chi connectivity index (χ4n) is 7.33. The first-order valence-electron chi connectivity index (χ1n) is 17.3. The molecular formula is C41H47FN4OS. The maximum Gasteiger partial charge on any atom is 0.224 e. The molecule has 1 amide bonds. The van der Waals surface area contributed by atoms with E-state index in [4.69, 9.17) is 9.97 Å². The van der Waals surface area contributed by atoms with Crippen LogP contribution in [0.1, 0.15) is 80.8 Å². The van der Waals surface area contributed by atoms with Crippen LogP contribution in [0, 0.1) is 17.7 Å². The number of anilines is 1. The minimum absolute atomic E-state index is 0.0144. The van der Waals surface area contributed by atoms with Crippen molar-refractivity contribution >= 4 is 51.6 Å². The molecule has 1 saturated carbocycles. The molecule has 3 aromatic carbocycles. The van der Waals surface area contributed by atoms with Crippen LogP contribution >= 0.6 is 11.8 Å². The quantitative estimate of drug-likeness (QED) is 0.121. The molecule has 0 spiro atoms. The van der Waals surface area contributed by atoms with E-state index < -0.39 is 0 Å². The number of halogens is 1. The molecule has 4 aromatic rings. The largest absolute Gasteiger partial charge is 0.362 e. The van der Waals surface area contributed by atoms with Crippen LogP contribution < -0.4 is 10.2 Å². The number of carbonyl (C=O) groups is 1.